The first-order chi connectivity index (χ1) is 10.6. The van der Waals surface area contributed by atoms with Crippen molar-refractivity contribution in [3.05, 3.63) is 39.6 Å². The Labute approximate surface area is 142 Å². The van der Waals surface area contributed by atoms with Gasteiger partial charge in [0.1, 0.15) is 12.3 Å². The number of hydrogen-bond donors (Lipinski definition) is 2. The summed E-state index contributed by atoms with van der Waals surface area (Å²) in [6.45, 7) is 5.56. The SMILES string of the molecule is CC1(C)c2cc(Br)ccc2N(CC(=O)O)C1(C)C1=C(O)CC1=O. The number of rotatable bonds is 3. The quantitative estimate of drug-likeness (QED) is 0.842. The van der Waals surface area contributed by atoms with Gasteiger partial charge in [0.05, 0.1) is 17.5 Å². The second-order valence-corrected chi connectivity index (χ2v) is 7.68. The molecule has 2 aliphatic rings. The first-order valence-electron chi connectivity index (χ1n) is 7.36. The molecule has 0 saturated carbocycles. The molecule has 0 saturated heterocycles. The summed E-state index contributed by atoms with van der Waals surface area (Å²) < 4.78 is 0.891. The summed E-state index contributed by atoms with van der Waals surface area (Å²) in [5.41, 5.74) is 0.615. The molecule has 2 N–H and O–H groups in total. The van der Waals surface area contributed by atoms with Gasteiger partial charge >= 0.3 is 5.97 Å². The molecule has 1 aliphatic heterocycles. The van der Waals surface area contributed by atoms with Crippen LogP contribution in [0.2, 0.25) is 0 Å². The zero-order valence-electron chi connectivity index (χ0n) is 13.2. The maximum absolute atomic E-state index is 12.2. The topological polar surface area (TPSA) is 77.8 Å². The molecule has 1 heterocycles. The van der Waals surface area contributed by atoms with Gasteiger partial charge in [0.15, 0.2) is 5.78 Å². The maximum atomic E-state index is 12.2. The fraction of sp³-hybridized carbons (Fsp3) is 0.412. The van der Waals surface area contributed by atoms with Gasteiger partial charge in [-0.3, -0.25) is 9.59 Å². The third-order valence-electron chi connectivity index (χ3n) is 5.36. The van der Waals surface area contributed by atoms with E-state index < -0.39 is 16.9 Å². The van der Waals surface area contributed by atoms with Gasteiger partial charge in [-0.05, 0) is 30.7 Å². The third kappa shape index (κ3) is 1.97. The van der Waals surface area contributed by atoms with E-state index in [0.717, 1.165) is 15.7 Å². The van der Waals surface area contributed by atoms with Gasteiger partial charge in [-0.25, -0.2) is 0 Å². The van der Waals surface area contributed by atoms with Gasteiger partial charge in [0, 0.05) is 15.6 Å². The Morgan fingerprint density at radius 3 is 2.52 bits per heavy atom. The predicted octanol–water partition coefficient (Wildman–Crippen LogP) is 3.17. The minimum absolute atomic E-state index is 0.0297. The van der Waals surface area contributed by atoms with E-state index in [2.05, 4.69) is 15.9 Å². The van der Waals surface area contributed by atoms with Gasteiger partial charge < -0.3 is 15.1 Å². The van der Waals surface area contributed by atoms with Crippen molar-refractivity contribution in [2.45, 2.75) is 38.1 Å². The fourth-order valence-electron chi connectivity index (χ4n) is 3.85. The van der Waals surface area contributed by atoms with Crippen LogP contribution < -0.4 is 4.90 Å². The second kappa shape index (κ2) is 4.84. The summed E-state index contributed by atoms with van der Waals surface area (Å²) >= 11 is 3.45. The van der Waals surface area contributed by atoms with E-state index in [9.17, 15) is 19.8 Å². The largest absolute Gasteiger partial charge is 0.511 e. The van der Waals surface area contributed by atoms with Crippen LogP contribution in [0.4, 0.5) is 5.69 Å². The van der Waals surface area contributed by atoms with Crippen molar-refractivity contribution in [2.24, 2.45) is 0 Å². The smallest absolute Gasteiger partial charge is 0.323 e. The van der Waals surface area contributed by atoms with Crippen LogP contribution in [0.3, 0.4) is 0 Å². The van der Waals surface area contributed by atoms with Gasteiger partial charge in [-0.2, -0.15) is 0 Å². The molecule has 1 aliphatic carbocycles. The third-order valence-corrected chi connectivity index (χ3v) is 5.85. The van der Waals surface area contributed by atoms with Crippen molar-refractivity contribution in [1.82, 2.24) is 0 Å². The van der Waals surface area contributed by atoms with Crippen LogP contribution in [-0.4, -0.2) is 34.0 Å². The van der Waals surface area contributed by atoms with E-state index in [-0.39, 0.29) is 24.5 Å². The molecule has 6 heteroatoms. The molecule has 0 amide bonds. The Balaban J connectivity index is 2.28. The van der Waals surface area contributed by atoms with E-state index in [0.29, 0.717) is 5.57 Å². The van der Waals surface area contributed by atoms with Crippen molar-refractivity contribution in [2.75, 3.05) is 11.4 Å². The number of Topliss-reactive ketones (excluding diaryl/α,β-unsaturated/α-hetero) is 1. The number of hydrogen-bond acceptors (Lipinski definition) is 4. The van der Waals surface area contributed by atoms with Crippen molar-refractivity contribution in [3.8, 4) is 0 Å². The molecule has 3 rings (SSSR count). The molecule has 0 radical (unpaired) electrons. The average Bonchev–Trinajstić information content (AvgIpc) is 2.57. The summed E-state index contributed by atoms with van der Waals surface area (Å²) in [7, 11) is 0. The monoisotopic (exact) mass is 379 g/mol. The first-order valence-corrected chi connectivity index (χ1v) is 8.15. The molecule has 5 nitrogen and oxygen atoms in total. The van der Waals surface area contributed by atoms with Crippen LogP contribution in [0.5, 0.6) is 0 Å². The number of benzene rings is 1. The van der Waals surface area contributed by atoms with Crippen molar-refractivity contribution in [3.63, 3.8) is 0 Å². The standard InChI is InChI=1S/C17H18BrNO4/c1-16(2)10-6-9(18)4-5-11(10)19(8-14(22)23)17(16,3)15-12(20)7-13(15)21/h4-6,20H,7-8H2,1-3H3,(H,22,23). The fourth-order valence-corrected chi connectivity index (χ4v) is 4.21. The van der Waals surface area contributed by atoms with E-state index in [1.54, 1.807) is 4.90 Å². The zero-order chi connectivity index (χ0) is 17.2. The highest BCUT2D eigenvalue weighted by Gasteiger charge is 2.60. The van der Waals surface area contributed by atoms with E-state index >= 15 is 0 Å². The van der Waals surface area contributed by atoms with Gasteiger partial charge in [0.2, 0.25) is 0 Å². The minimum atomic E-state index is -0.977. The summed E-state index contributed by atoms with van der Waals surface area (Å²) in [5.74, 6) is -1.04. The number of halogens is 1. The zero-order valence-corrected chi connectivity index (χ0v) is 14.8. The molecule has 0 spiro atoms. The molecule has 23 heavy (non-hydrogen) atoms. The number of allylic oxidation sites excluding steroid dienone is 1. The van der Waals surface area contributed by atoms with E-state index in [4.69, 9.17) is 0 Å². The number of carboxylic acids is 1. The molecule has 1 unspecified atom stereocenters. The molecule has 1 atom stereocenters. The Bertz CT molecular complexity index is 768. The summed E-state index contributed by atoms with van der Waals surface area (Å²) in [4.78, 5) is 25.3. The lowest BCUT2D eigenvalue weighted by molar-refractivity contribution is -0.135. The van der Waals surface area contributed by atoms with Crippen LogP contribution in [0.25, 0.3) is 0 Å². The van der Waals surface area contributed by atoms with Crippen LogP contribution in [0.1, 0.15) is 32.8 Å². The number of aliphatic hydroxyl groups excluding tert-OH is 1. The molecule has 0 aromatic heterocycles. The molecule has 122 valence electrons. The minimum Gasteiger partial charge on any atom is -0.511 e. The molecule has 1 aromatic rings. The number of nitrogens with zero attached hydrogens (tertiary/aromatic N) is 1. The van der Waals surface area contributed by atoms with Gasteiger partial charge in [-0.15, -0.1) is 0 Å². The van der Waals surface area contributed by atoms with Crippen LogP contribution in [-0.2, 0) is 15.0 Å². The summed E-state index contributed by atoms with van der Waals surface area (Å²) in [6.07, 6.45) is 0.0297. The normalized spacial score (nSPS) is 25.4. The van der Waals surface area contributed by atoms with Crippen LogP contribution in [0, 0.1) is 0 Å². The lowest BCUT2D eigenvalue weighted by Crippen LogP contribution is -2.59. The number of carbonyl (C=O) groups is 2. The van der Waals surface area contributed by atoms with Crippen molar-refractivity contribution >= 4 is 33.4 Å². The highest BCUT2D eigenvalue weighted by atomic mass is 79.9. The summed E-state index contributed by atoms with van der Waals surface area (Å²) in [6, 6.07) is 5.67. The molecular weight excluding hydrogens is 362 g/mol. The molecule has 1 aromatic carbocycles. The first kappa shape index (κ1) is 16.1. The summed E-state index contributed by atoms with van der Waals surface area (Å²) in [5, 5.41) is 19.4. The highest BCUT2D eigenvalue weighted by molar-refractivity contribution is 9.10. The van der Waals surface area contributed by atoms with Gasteiger partial charge in [-0.1, -0.05) is 29.8 Å². The predicted molar refractivity (Wildman–Crippen MR) is 89.8 cm³/mol. The maximum Gasteiger partial charge on any atom is 0.323 e. The Kier molecular flexibility index (Phi) is 3.38. The number of aliphatic hydroxyl groups is 1. The number of carbonyl (C=O) groups excluding carboxylic acids is 1. The number of fused-ring (bicyclic) bond motifs is 1. The van der Waals surface area contributed by atoms with Crippen molar-refractivity contribution in [1.29, 1.82) is 0 Å². The van der Waals surface area contributed by atoms with Crippen molar-refractivity contribution < 1.29 is 19.8 Å². The average molecular weight is 380 g/mol. The molecular formula is C17H18BrNO4. The molecule has 0 fully saturated rings. The molecule has 0 bridgehead atoms. The number of ketones is 1. The van der Waals surface area contributed by atoms with Crippen LogP contribution in [0.15, 0.2) is 34.0 Å². The number of aliphatic carboxylic acids is 1. The second-order valence-electron chi connectivity index (χ2n) is 6.76. The Morgan fingerprint density at radius 1 is 1.35 bits per heavy atom. The highest BCUT2D eigenvalue weighted by Crippen LogP contribution is 2.57. The van der Waals surface area contributed by atoms with E-state index in [1.165, 1.54) is 0 Å². The van der Waals surface area contributed by atoms with E-state index in [1.807, 2.05) is 39.0 Å². The number of anilines is 1. The lowest BCUT2D eigenvalue weighted by atomic mass is 9.63. The van der Waals surface area contributed by atoms with Crippen LogP contribution >= 0.6 is 15.9 Å². The Hall–Kier alpha value is -1.82. The Morgan fingerprint density at radius 2 is 2.00 bits per heavy atom. The number of carboxylic acid groups (broad SMARTS) is 1. The van der Waals surface area contributed by atoms with Gasteiger partial charge in [0.25, 0.3) is 0 Å². The lowest BCUT2D eigenvalue weighted by Gasteiger charge is -2.48.